The number of tetrazole rings is 1. The number of aromatic nitrogens is 4. The molecule has 1 N–H and O–H groups in total. The van der Waals surface area contributed by atoms with Crippen molar-refractivity contribution in [3.05, 3.63) is 77.4 Å². The molecule has 0 saturated heterocycles. The van der Waals surface area contributed by atoms with Gasteiger partial charge in [-0.25, -0.2) is 0 Å². The standard InChI is InChI=1S/C19H19N5/c1-3-19(16-12-8-5-9-13-16)14(2)17(15-10-6-4-7-11-15)24-18(20-19)21-22-23-24/h4-13H,3H2,1-2H3,(H,20,21,23). The summed E-state index contributed by atoms with van der Waals surface area (Å²) < 4.78 is 1.79. The van der Waals surface area contributed by atoms with Gasteiger partial charge in [0.15, 0.2) is 0 Å². The van der Waals surface area contributed by atoms with E-state index < -0.39 is 0 Å². The fraction of sp³-hybridized carbons (Fsp3) is 0.211. The Labute approximate surface area is 141 Å². The second kappa shape index (κ2) is 5.60. The van der Waals surface area contributed by atoms with Gasteiger partial charge in [0, 0.05) is 5.56 Å². The summed E-state index contributed by atoms with van der Waals surface area (Å²) in [7, 11) is 0. The second-order valence-corrected chi connectivity index (χ2v) is 6.00. The first kappa shape index (κ1) is 14.6. The molecule has 4 rings (SSSR count). The highest BCUT2D eigenvalue weighted by Gasteiger charge is 2.40. The van der Waals surface area contributed by atoms with E-state index in [9.17, 15) is 0 Å². The Kier molecular flexibility index (Phi) is 3.41. The van der Waals surface area contributed by atoms with Gasteiger partial charge >= 0.3 is 0 Å². The van der Waals surface area contributed by atoms with Gasteiger partial charge in [-0.2, -0.15) is 4.68 Å². The normalized spacial score (nSPS) is 19.8. The fourth-order valence-corrected chi connectivity index (χ4v) is 3.57. The molecule has 1 aliphatic heterocycles. The molecule has 2 aromatic carbocycles. The minimum absolute atomic E-state index is 0.322. The van der Waals surface area contributed by atoms with E-state index in [2.05, 4.69) is 71.1 Å². The smallest absolute Gasteiger partial charge is 0.248 e. The molecule has 0 saturated carbocycles. The summed E-state index contributed by atoms with van der Waals surface area (Å²) in [6.45, 7) is 4.35. The first-order chi connectivity index (χ1) is 11.8. The van der Waals surface area contributed by atoms with Gasteiger partial charge in [-0.15, -0.1) is 0 Å². The van der Waals surface area contributed by atoms with Gasteiger partial charge in [0.25, 0.3) is 0 Å². The average molecular weight is 317 g/mol. The van der Waals surface area contributed by atoms with Crippen molar-refractivity contribution in [2.75, 3.05) is 5.32 Å². The Morgan fingerprint density at radius 1 is 1.00 bits per heavy atom. The maximum atomic E-state index is 4.19. The molecule has 0 radical (unpaired) electrons. The van der Waals surface area contributed by atoms with Crippen molar-refractivity contribution in [3.63, 3.8) is 0 Å². The molecule has 5 heteroatoms. The van der Waals surface area contributed by atoms with Crippen molar-refractivity contribution in [1.29, 1.82) is 0 Å². The summed E-state index contributed by atoms with van der Waals surface area (Å²) in [4.78, 5) is 0. The quantitative estimate of drug-likeness (QED) is 0.800. The zero-order valence-electron chi connectivity index (χ0n) is 13.8. The monoisotopic (exact) mass is 317 g/mol. The predicted molar refractivity (Wildman–Crippen MR) is 94.3 cm³/mol. The number of rotatable bonds is 3. The topological polar surface area (TPSA) is 55.6 Å². The lowest BCUT2D eigenvalue weighted by atomic mass is 9.78. The van der Waals surface area contributed by atoms with Crippen molar-refractivity contribution < 1.29 is 0 Å². The zero-order valence-corrected chi connectivity index (χ0v) is 13.8. The van der Waals surface area contributed by atoms with Crippen LogP contribution in [0.1, 0.15) is 31.4 Å². The molecule has 0 fully saturated rings. The van der Waals surface area contributed by atoms with Crippen LogP contribution in [-0.2, 0) is 5.54 Å². The van der Waals surface area contributed by atoms with Crippen molar-refractivity contribution in [1.82, 2.24) is 20.2 Å². The Hall–Kier alpha value is -2.95. The second-order valence-electron chi connectivity index (χ2n) is 6.00. The van der Waals surface area contributed by atoms with Crippen molar-refractivity contribution in [2.24, 2.45) is 0 Å². The first-order valence-electron chi connectivity index (χ1n) is 8.15. The lowest BCUT2D eigenvalue weighted by Gasteiger charge is -2.40. The zero-order chi connectivity index (χ0) is 16.6. The number of hydrogen-bond donors (Lipinski definition) is 1. The molecule has 24 heavy (non-hydrogen) atoms. The minimum atomic E-state index is -0.322. The van der Waals surface area contributed by atoms with Crippen LogP contribution in [0.2, 0.25) is 0 Å². The lowest BCUT2D eigenvalue weighted by molar-refractivity contribution is 0.531. The highest BCUT2D eigenvalue weighted by Crippen LogP contribution is 2.43. The molecular formula is C19H19N5. The Morgan fingerprint density at radius 3 is 2.33 bits per heavy atom. The molecule has 1 atom stereocenters. The third kappa shape index (κ3) is 2.05. The van der Waals surface area contributed by atoms with Gasteiger partial charge in [0.1, 0.15) is 0 Å². The highest BCUT2D eigenvalue weighted by molar-refractivity contribution is 5.76. The molecule has 1 aromatic heterocycles. The number of nitrogens with zero attached hydrogens (tertiary/aromatic N) is 4. The average Bonchev–Trinajstić information content (AvgIpc) is 3.10. The molecule has 120 valence electrons. The summed E-state index contributed by atoms with van der Waals surface area (Å²) in [6, 6.07) is 20.8. The summed E-state index contributed by atoms with van der Waals surface area (Å²) in [5.74, 6) is 0.671. The van der Waals surface area contributed by atoms with Crippen LogP contribution in [0.15, 0.2) is 66.2 Å². The lowest BCUT2D eigenvalue weighted by Crippen LogP contribution is -2.41. The molecular weight excluding hydrogens is 298 g/mol. The summed E-state index contributed by atoms with van der Waals surface area (Å²) in [5.41, 5.74) is 4.26. The van der Waals surface area contributed by atoms with E-state index >= 15 is 0 Å². The minimum Gasteiger partial charge on any atom is -0.339 e. The molecule has 0 spiro atoms. The Balaban J connectivity index is 2.01. The van der Waals surface area contributed by atoms with Crippen molar-refractivity contribution in [2.45, 2.75) is 25.8 Å². The van der Waals surface area contributed by atoms with Gasteiger partial charge in [-0.05, 0) is 34.9 Å². The number of fused-ring (bicyclic) bond motifs is 1. The Morgan fingerprint density at radius 2 is 1.67 bits per heavy atom. The van der Waals surface area contributed by atoms with Crippen LogP contribution >= 0.6 is 0 Å². The van der Waals surface area contributed by atoms with Gasteiger partial charge in [-0.1, -0.05) is 72.7 Å². The number of anilines is 1. The molecule has 3 aromatic rings. The van der Waals surface area contributed by atoms with Crippen LogP contribution in [0, 0.1) is 0 Å². The van der Waals surface area contributed by atoms with Gasteiger partial charge in [0.2, 0.25) is 5.95 Å². The van der Waals surface area contributed by atoms with E-state index in [-0.39, 0.29) is 5.54 Å². The maximum Gasteiger partial charge on any atom is 0.248 e. The van der Waals surface area contributed by atoms with E-state index in [0.29, 0.717) is 5.95 Å². The summed E-state index contributed by atoms with van der Waals surface area (Å²) >= 11 is 0. The molecule has 0 aliphatic carbocycles. The molecule has 2 heterocycles. The van der Waals surface area contributed by atoms with Gasteiger partial charge in [0.05, 0.1) is 11.2 Å². The third-order valence-corrected chi connectivity index (χ3v) is 4.85. The van der Waals surface area contributed by atoms with Crippen molar-refractivity contribution >= 4 is 11.6 Å². The number of benzene rings is 2. The summed E-state index contributed by atoms with van der Waals surface area (Å²) in [5, 5.41) is 15.8. The first-order valence-corrected chi connectivity index (χ1v) is 8.15. The van der Waals surface area contributed by atoms with Crippen molar-refractivity contribution in [3.8, 4) is 0 Å². The van der Waals surface area contributed by atoms with Gasteiger partial charge < -0.3 is 5.32 Å². The van der Waals surface area contributed by atoms with Crippen LogP contribution < -0.4 is 5.32 Å². The third-order valence-electron chi connectivity index (χ3n) is 4.85. The number of hydrogen-bond acceptors (Lipinski definition) is 4. The predicted octanol–water partition coefficient (Wildman–Crippen LogP) is 3.68. The van der Waals surface area contributed by atoms with Crippen LogP contribution in [0.5, 0.6) is 0 Å². The van der Waals surface area contributed by atoms with Crippen LogP contribution in [0.4, 0.5) is 5.95 Å². The van der Waals surface area contributed by atoms with E-state index in [0.717, 1.165) is 17.7 Å². The van der Waals surface area contributed by atoms with Gasteiger partial charge in [-0.3, -0.25) is 0 Å². The highest BCUT2D eigenvalue weighted by atomic mass is 15.6. The largest absolute Gasteiger partial charge is 0.339 e. The van der Waals surface area contributed by atoms with Crippen LogP contribution in [0.3, 0.4) is 0 Å². The molecule has 5 nitrogen and oxygen atoms in total. The molecule has 1 aliphatic rings. The molecule has 0 bridgehead atoms. The van der Waals surface area contributed by atoms with E-state index in [1.165, 1.54) is 11.1 Å². The summed E-state index contributed by atoms with van der Waals surface area (Å²) in [6.07, 6.45) is 0.895. The Bertz CT molecular complexity index is 882. The number of nitrogens with one attached hydrogen (secondary N) is 1. The van der Waals surface area contributed by atoms with E-state index in [1.54, 1.807) is 4.68 Å². The van der Waals surface area contributed by atoms with Crippen LogP contribution in [-0.4, -0.2) is 20.2 Å². The molecule has 1 unspecified atom stereocenters. The van der Waals surface area contributed by atoms with E-state index in [4.69, 9.17) is 0 Å². The SMILES string of the molecule is CCC1(c2ccccc2)Nc2nnnn2C(c2ccccc2)=C1C. The fourth-order valence-electron chi connectivity index (χ4n) is 3.57. The maximum absolute atomic E-state index is 4.19. The van der Waals surface area contributed by atoms with Crippen LogP contribution in [0.25, 0.3) is 5.70 Å². The molecule has 0 amide bonds. The van der Waals surface area contributed by atoms with E-state index in [1.807, 2.05) is 24.3 Å².